The summed E-state index contributed by atoms with van der Waals surface area (Å²) >= 11 is 0. The maximum Gasteiger partial charge on any atom is 0.232 e. The van der Waals surface area contributed by atoms with Gasteiger partial charge in [-0.2, -0.15) is 0 Å². The first-order valence-corrected chi connectivity index (χ1v) is 4.40. The molecule has 0 bridgehead atoms. The third kappa shape index (κ3) is 1.08. The summed E-state index contributed by atoms with van der Waals surface area (Å²) in [6, 6.07) is 0. The van der Waals surface area contributed by atoms with Crippen LogP contribution in [0.5, 0.6) is 0 Å². The molecule has 0 aliphatic heterocycles. The first-order valence-electron chi connectivity index (χ1n) is 4.40. The fourth-order valence-corrected chi connectivity index (χ4v) is 1.55. The van der Waals surface area contributed by atoms with Crippen molar-refractivity contribution in [3.05, 3.63) is 11.6 Å². The lowest BCUT2D eigenvalue weighted by Crippen LogP contribution is -2.14. The first-order chi connectivity index (χ1) is 5.62. The zero-order valence-corrected chi connectivity index (χ0v) is 7.48. The average molecular weight is 160 g/mol. The molecule has 0 saturated heterocycles. The Morgan fingerprint density at radius 2 is 2.25 bits per heavy atom. The van der Waals surface area contributed by atoms with Crippen molar-refractivity contribution in [1.29, 1.82) is 0 Å². The molecule has 0 aromatic rings. The predicted molar refractivity (Wildman–Crippen MR) is 47.4 cm³/mol. The molecule has 1 unspecified atom stereocenters. The Labute approximate surface area is 72.8 Å². The maximum atomic E-state index is 11.4. The molecule has 1 atom stereocenters. The van der Waals surface area contributed by atoms with Gasteiger partial charge in [0.1, 0.15) is 0 Å². The van der Waals surface area contributed by atoms with Crippen LogP contribution >= 0.6 is 0 Å². The Kier molecular flexibility index (Phi) is 1.41. The lowest BCUT2D eigenvalue weighted by molar-refractivity contribution is -0.111. The smallest absolute Gasteiger partial charge is 0.232 e. The number of hydrogen-bond donors (Lipinski definition) is 0. The predicted octanol–water partition coefficient (Wildman–Crippen LogP) is 1.94. The number of Topliss-reactive ketones (excluding diaryl/α,β-unsaturated/α-hetero) is 1. The van der Waals surface area contributed by atoms with Crippen molar-refractivity contribution in [1.82, 2.24) is 0 Å². The average Bonchev–Trinajstić information content (AvgIpc) is 2.75. The van der Waals surface area contributed by atoms with E-state index in [0.29, 0.717) is 0 Å². The summed E-state index contributed by atoms with van der Waals surface area (Å²) < 4.78 is 0. The van der Waals surface area contributed by atoms with Gasteiger partial charge in [0.2, 0.25) is 5.78 Å². The summed E-state index contributed by atoms with van der Waals surface area (Å²) in [5.74, 6) is 5.87. The highest BCUT2D eigenvalue weighted by Crippen LogP contribution is 2.52. The summed E-state index contributed by atoms with van der Waals surface area (Å²) in [6.07, 6.45) is 4.34. The molecule has 0 amide bonds. The van der Waals surface area contributed by atoms with Crippen LogP contribution in [-0.2, 0) is 4.79 Å². The van der Waals surface area contributed by atoms with Gasteiger partial charge in [-0.15, -0.1) is 0 Å². The van der Waals surface area contributed by atoms with Crippen LogP contribution in [0, 0.1) is 23.2 Å². The minimum Gasteiger partial charge on any atom is -0.280 e. The van der Waals surface area contributed by atoms with Crippen molar-refractivity contribution < 1.29 is 4.79 Å². The molecule has 1 heteroatoms. The van der Waals surface area contributed by atoms with Crippen molar-refractivity contribution in [3.8, 4) is 11.8 Å². The van der Waals surface area contributed by atoms with Crippen molar-refractivity contribution in [2.75, 3.05) is 0 Å². The topological polar surface area (TPSA) is 17.1 Å². The lowest BCUT2D eigenvalue weighted by Gasteiger charge is -2.13. The molecule has 1 nitrogen and oxygen atoms in total. The van der Waals surface area contributed by atoms with Crippen LogP contribution in [0.15, 0.2) is 11.6 Å². The van der Waals surface area contributed by atoms with Gasteiger partial charge in [-0.05, 0) is 31.1 Å². The Morgan fingerprint density at radius 3 is 2.83 bits per heavy atom. The van der Waals surface area contributed by atoms with Crippen LogP contribution in [0.3, 0.4) is 0 Å². The highest BCUT2D eigenvalue weighted by molar-refractivity contribution is 6.10. The van der Waals surface area contributed by atoms with Crippen molar-refractivity contribution in [2.45, 2.75) is 26.7 Å². The second-order valence-electron chi connectivity index (χ2n) is 4.03. The molecule has 0 N–H and O–H groups in total. The number of ketones is 1. The molecule has 12 heavy (non-hydrogen) atoms. The quantitative estimate of drug-likeness (QED) is 0.423. The van der Waals surface area contributed by atoms with E-state index in [1.54, 1.807) is 0 Å². The molecule has 0 radical (unpaired) electrons. The van der Waals surface area contributed by atoms with E-state index in [1.807, 2.05) is 13.0 Å². The van der Waals surface area contributed by atoms with E-state index >= 15 is 0 Å². The minimum absolute atomic E-state index is 0.0492. The summed E-state index contributed by atoms with van der Waals surface area (Å²) in [4.78, 5) is 11.4. The fourth-order valence-electron chi connectivity index (χ4n) is 1.55. The Balaban J connectivity index is 2.32. The Morgan fingerprint density at radius 1 is 1.58 bits per heavy atom. The van der Waals surface area contributed by atoms with Gasteiger partial charge < -0.3 is 0 Å². The molecular formula is C11H12O. The van der Waals surface area contributed by atoms with E-state index in [9.17, 15) is 4.79 Å². The zero-order valence-electron chi connectivity index (χ0n) is 7.48. The van der Waals surface area contributed by atoms with Crippen LogP contribution in [0.2, 0.25) is 0 Å². The third-order valence-electron chi connectivity index (χ3n) is 2.72. The van der Waals surface area contributed by atoms with E-state index in [-0.39, 0.29) is 17.1 Å². The zero-order chi connectivity index (χ0) is 8.77. The minimum atomic E-state index is 0.0492. The fraction of sp³-hybridized carbons (Fsp3) is 0.545. The number of allylic oxidation sites excluding steroid dienone is 2. The Bertz CT molecular complexity index is 321. The number of hydrogen-bond acceptors (Lipinski definition) is 1. The molecular weight excluding hydrogens is 148 g/mol. The molecule has 0 spiro atoms. The molecule has 0 aromatic carbocycles. The van der Waals surface area contributed by atoms with E-state index < -0.39 is 0 Å². The highest BCUT2D eigenvalue weighted by atomic mass is 16.1. The molecule has 0 aromatic heterocycles. The van der Waals surface area contributed by atoms with Crippen LogP contribution < -0.4 is 0 Å². The van der Waals surface area contributed by atoms with E-state index in [1.165, 1.54) is 0 Å². The van der Waals surface area contributed by atoms with Gasteiger partial charge in [-0.1, -0.05) is 18.9 Å². The molecule has 2 aliphatic carbocycles. The van der Waals surface area contributed by atoms with Gasteiger partial charge in [0.15, 0.2) is 0 Å². The highest BCUT2D eigenvalue weighted by Gasteiger charge is 2.44. The van der Waals surface area contributed by atoms with Crippen molar-refractivity contribution in [2.24, 2.45) is 11.3 Å². The van der Waals surface area contributed by atoms with Crippen LogP contribution in [0.4, 0.5) is 0 Å². The number of rotatable bonds is 1. The first kappa shape index (κ1) is 7.61. The molecule has 62 valence electrons. The van der Waals surface area contributed by atoms with E-state index in [0.717, 1.165) is 18.4 Å². The van der Waals surface area contributed by atoms with Crippen LogP contribution in [0.1, 0.15) is 26.7 Å². The summed E-state index contributed by atoms with van der Waals surface area (Å²) in [7, 11) is 0. The van der Waals surface area contributed by atoms with Gasteiger partial charge in [0, 0.05) is 11.5 Å². The van der Waals surface area contributed by atoms with Crippen molar-refractivity contribution >= 4 is 5.78 Å². The number of carbonyl (C=O) groups excluding carboxylic acids is 1. The Hall–Kier alpha value is -1.03. The number of carbonyl (C=O) groups is 1. The molecule has 2 rings (SSSR count). The second kappa shape index (κ2) is 2.23. The van der Waals surface area contributed by atoms with Gasteiger partial charge in [-0.3, -0.25) is 4.79 Å². The summed E-state index contributed by atoms with van der Waals surface area (Å²) in [5, 5.41) is 0. The normalized spacial score (nSPS) is 30.3. The molecule has 1 saturated carbocycles. The molecule has 0 heterocycles. The largest absolute Gasteiger partial charge is 0.280 e. The second-order valence-corrected chi connectivity index (χ2v) is 4.03. The van der Waals surface area contributed by atoms with Crippen LogP contribution in [-0.4, -0.2) is 5.78 Å². The molecule has 1 fully saturated rings. The van der Waals surface area contributed by atoms with E-state index in [2.05, 4.69) is 18.8 Å². The van der Waals surface area contributed by atoms with Crippen molar-refractivity contribution in [3.63, 3.8) is 0 Å². The van der Waals surface area contributed by atoms with Gasteiger partial charge >= 0.3 is 0 Å². The monoisotopic (exact) mass is 160 g/mol. The summed E-state index contributed by atoms with van der Waals surface area (Å²) in [6.45, 7) is 4.18. The van der Waals surface area contributed by atoms with Gasteiger partial charge in [0.05, 0.1) is 0 Å². The summed E-state index contributed by atoms with van der Waals surface area (Å²) in [5.41, 5.74) is 1.15. The maximum absolute atomic E-state index is 11.4. The lowest BCUT2D eigenvalue weighted by atomic mass is 9.88. The van der Waals surface area contributed by atoms with E-state index in [4.69, 9.17) is 0 Å². The van der Waals surface area contributed by atoms with Gasteiger partial charge in [-0.25, -0.2) is 0 Å². The standard InChI is InChI=1S/C11H12O/c1-8-3-4-10(12)9(7-8)11(2)5-6-11/h7-8H,5-6H2,1-2H3. The van der Waals surface area contributed by atoms with Gasteiger partial charge in [0.25, 0.3) is 0 Å². The van der Waals surface area contributed by atoms with Crippen LogP contribution in [0.25, 0.3) is 0 Å². The third-order valence-corrected chi connectivity index (χ3v) is 2.72. The molecule has 2 aliphatic rings. The SMILES string of the molecule is CC1C#CC(=O)C(C2(C)CC2)=C1.